The van der Waals surface area contributed by atoms with E-state index in [9.17, 15) is 9.59 Å². The SMILES string of the molecule is CCOC(=O)c1csc(NC(=O)c2sc(I)cc2C)n1. The van der Waals surface area contributed by atoms with E-state index >= 15 is 0 Å². The molecule has 2 rings (SSSR count). The Hall–Kier alpha value is -1.00. The normalized spacial score (nSPS) is 10.3. The molecule has 106 valence electrons. The van der Waals surface area contributed by atoms with Gasteiger partial charge in [-0.1, -0.05) is 0 Å². The summed E-state index contributed by atoms with van der Waals surface area (Å²) >= 11 is 4.80. The molecule has 0 aromatic carbocycles. The van der Waals surface area contributed by atoms with Gasteiger partial charge in [0.05, 0.1) is 14.4 Å². The zero-order chi connectivity index (χ0) is 14.7. The Morgan fingerprint density at radius 2 is 2.25 bits per heavy atom. The van der Waals surface area contributed by atoms with Crippen molar-refractivity contribution in [3.63, 3.8) is 0 Å². The highest BCUT2D eigenvalue weighted by molar-refractivity contribution is 14.1. The van der Waals surface area contributed by atoms with Gasteiger partial charge in [0.15, 0.2) is 10.8 Å². The molecule has 0 spiro atoms. The summed E-state index contributed by atoms with van der Waals surface area (Å²) < 4.78 is 5.90. The average Bonchev–Trinajstić information content (AvgIpc) is 2.96. The van der Waals surface area contributed by atoms with E-state index in [1.54, 1.807) is 12.3 Å². The summed E-state index contributed by atoms with van der Waals surface area (Å²) in [6.45, 7) is 3.92. The largest absolute Gasteiger partial charge is 0.461 e. The van der Waals surface area contributed by atoms with Crippen LogP contribution in [-0.4, -0.2) is 23.5 Å². The number of nitrogens with one attached hydrogen (secondary N) is 1. The second-order valence-electron chi connectivity index (χ2n) is 3.78. The molecule has 5 nitrogen and oxygen atoms in total. The first-order valence-electron chi connectivity index (χ1n) is 5.71. The maximum atomic E-state index is 12.1. The fourth-order valence-electron chi connectivity index (χ4n) is 1.45. The number of carbonyl (C=O) groups is 2. The summed E-state index contributed by atoms with van der Waals surface area (Å²) in [5.41, 5.74) is 1.14. The topological polar surface area (TPSA) is 68.3 Å². The summed E-state index contributed by atoms with van der Waals surface area (Å²) in [5.74, 6) is -0.689. The second-order valence-corrected chi connectivity index (χ2v) is 7.58. The van der Waals surface area contributed by atoms with Crippen LogP contribution in [-0.2, 0) is 4.74 Å². The molecule has 0 saturated carbocycles. The molecule has 0 unspecified atom stereocenters. The lowest BCUT2D eigenvalue weighted by molar-refractivity contribution is 0.0520. The Labute approximate surface area is 137 Å². The van der Waals surface area contributed by atoms with E-state index in [0.717, 1.165) is 8.45 Å². The summed E-state index contributed by atoms with van der Waals surface area (Å²) in [5, 5.41) is 4.66. The van der Waals surface area contributed by atoms with Crippen LogP contribution in [0.1, 0.15) is 32.6 Å². The molecule has 1 amide bonds. The number of carbonyl (C=O) groups excluding carboxylic acids is 2. The van der Waals surface area contributed by atoms with Crippen LogP contribution in [0.25, 0.3) is 0 Å². The maximum absolute atomic E-state index is 12.1. The molecule has 0 saturated heterocycles. The van der Waals surface area contributed by atoms with E-state index in [1.807, 2.05) is 13.0 Å². The number of nitrogens with zero attached hydrogens (tertiary/aromatic N) is 1. The molecule has 20 heavy (non-hydrogen) atoms. The predicted molar refractivity (Wildman–Crippen MR) is 87.8 cm³/mol. The molecule has 0 atom stereocenters. The molecular formula is C12H11IN2O3S2. The van der Waals surface area contributed by atoms with Gasteiger partial charge in [-0.25, -0.2) is 9.78 Å². The predicted octanol–water partition coefficient (Wildman–Crippen LogP) is 3.55. The third kappa shape index (κ3) is 3.55. The monoisotopic (exact) mass is 422 g/mol. The van der Waals surface area contributed by atoms with Gasteiger partial charge < -0.3 is 4.74 Å². The lowest BCUT2D eigenvalue weighted by Gasteiger charge is -2.00. The number of esters is 1. The number of anilines is 1. The highest BCUT2D eigenvalue weighted by Gasteiger charge is 2.16. The van der Waals surface area contributed by atoms with Gasteiger partial charge in [0.1, 0.15) is 0 Å². The minimum absolute atomic E-state index is 0.208. The molecule has 2 aromatic rings. The summed E-state index contributed by atoms with van der Waals surface area (Å²) in [6.07, 6.45) is 0. The Kier molecular flexibility index (Phi) is 5.11. The molecule has 2 heterocycles. The molecule has 0 fully saturated rings. The Balaban J connectivity index is 2.09. The number of hydrogen-bond donors (Lipinski definition) is 1. The first-order valence-corrected chi connectivity index (χ1v) is 8.48. The number of rotatable bonds is 4. The lowest BCUT2D eigenvalue weighted by Crippen LogP contribution is -2.12. The molecule has 0 radical (unpaired) electrons. The maximum Gasteiger partial charge on any atom is 0.357 e. The van der Waals surface area contributed by atoms with E-state index in [4.69, 9.17) is 4.74 Å². The number of aryl methyl sites for hydroxylation is 1. The van der Waals surface area contributed by atoms with Crippen molar-refractivity contribution < 1.29 is 14.3 Å². The average molecular weight is 422 g/mol. The van der Waals surface area contributed by atoms with Gasteiger partial charge in [-0.05, 0) is 48.1 Å². The van der Waals surface area contributed by atoms with Crippen molar-refractivity contribution >= 4 is 62.3 Å². The molecule has 8 heteroatoms. The highest BCUT2D eigenvalue weighted by Crippen LogP contribution is 2.25. The number of ether oxygens (including phenoxy) is 1. The quantitative estimate of drug-likeness (QED) is 0.605. The van der Waals surface area contributed by atoms with E-state index < -0.39 is 5.97 Å². The minimum atomic E-state index is -0.480. The second kappa shape index (κ2) is 6.64. The fourth-order valence-corrected chi connectivity index (χ4v) is 4.05. The zero-order valence-electron chi connectivity index (χ0n) is 10.7. The molecule has 0 bridgehead atoms. The van der Waals surface area contributed by atoms with Gasteiger partial charge in [0, 0.05) is 5.38 Å². The number of thiazole rings is 1. The third-order valence-corrected chi connectivity index (χ3v) is 5.06. The Morgan fingerprint density at radius 3 is 2.85 bits per heavy atom. The van der Waals surface area contributed by atoms with Crippen molar-refractivity contribution in [2.24, 2.45) is 0 Å². The van der Waals surface area contributed by atoms with Crippen LogP contribution in [0.4, 0.5) is 5.13 Å². The molecule has 0 aliphatic carbocycles. The highest BCUT2D eigenvalue weighted by atomic mass is 127. The summed E-state index contributed by atoms with van der Waals surface area (Å²) in [4.78, 5) is 28.3. The lowest BCUT2D eigenvalue weighted by atomic mass is 10.3. The van der Waals surface area contributed by atoms with Gasteiger partial charge in [-0.3, -0.25) is 10.1 Å². The molecule has 1 N–H and O–H groups in total. The first kappa shape index (κ1) is 15.4. The van der Waals surface area contributed by atoms with Gasteiger partial charge >= 0.3 is 5.97 Å². The van der Waals surface area contributed by atoms with Gasteiger partial charge in [-0.15, -0.1) is 22.7 Å². The van der Waals surface area contributed by atoms with Crippen molar-refractivity contribution in [3.8, 4) is 0 Å². The molecule has 2 aromatic heterocycles. The van der Waals surface area contributed by atoms with Crippen LogP contribution in [0.15, 0.2) is 11.4 Å². The van der Waals surface area contributed by atoms with E-state index in [1.165, 1.54) is 22.7 Å². The van der Waals surface area contributed by atoms with Crippen LogP contribution >= 0.6 is 45.3 Å². The van der Waals surface area contributed by atoms with Crippen LogP contribution in [0.2, 0.25) is 0 Å². The van der Waals surface area contributed by atoms with Gasteiger partial charge in [0.2, 0.25) is 0 Å². The van der Waals surface area contributed by atoms with Gasteiger partial charge in [-0.2, -0.15) is 0 Å². The number of halogens is 1. The van der Waals surface area contributed by atoms with E-state index in [2.05, 4.69) is 32.9 Å². The molecule has 0 aliphatic rings. The van der Waals surface area contributed by atoms with Crippen LogP contribution in [0.3, 0.4) is 0 Å². The number of thiophene rings is 1. The first-order chi connectivity index (χ1) is 9.51. The minimum Gasteiger partial charge on any atom is -0.461 e. The summed E-state index contributed by atoms with van der Waals surface area (Å²) in [6, 6.07) is 1.95. The van der Waals surface area contributed by atoms with Crippen LogP contribution in [0, 0.1) is 9.81 Å². The van der Waals surface area contributed by atoms with E-state index in [0.29, 0.717) is 16.6 Å². The smallest absolute Gasteiger partial charge is 0.357 e. The van der Waals surface area contributed by atoms with Gasteiger partial charge in [0.25, 0.3) is 5.91 Å². The number of aromatic nitrogens is 1. The molecule has 0 aliphatic heterocycles. The summed E-state index contributed by atoms with van der Waals surface area (Å²) in [7, 11) is 0. The Morgan fingerprint density at radius 1 is 1.50 bits per heavy atom. The molecular weight excluding hydrogens is 411 g/mol. The zero-order valence-corrected chi connectivity index (χ0v) is 14.5. The Bertz CT molecular complexity index is 651. The number of amides is 1. The van der Waals surface area contributed by atoms with Crippen molar-refractivity contribution in [1.82, 2.24) is 4.98 Å². The fraction of sp³-hybridized carbons (Fsp3) is 0.250. The number of hydrogen-bond acceptors (Lipinski definition) is 6. The van der Waals surface area contributed by atoms with Crippen molar-refractivity contribution in [2.75, 3.05) is 11.9 Å². The van der Waals surface area contributed by atoms with Crippen molar-refractivity contribution in [3.05, 3.63) is 30.5 Å². The van der Waals surface area contributed by atoms with Crippen LogP contribution < -0.4 is 5.32 Å². The van der Waals surface area contributed by atoms with E-state index in [-0.39, 0.29) is 11.6 Å². The van der Waals surface area contributed by atoms with Crippen LogP contribution in [0.5, 0.6) is 0 Å². The van der Waals surface area contributed by atoms with Crippen molar-refractivity contribution in [1.29, 1.82) is 0 Å². The van der Waals surface area contributed by atoms with Crippen molar-refractivity contribution in [2.45, 2.75) is 13.8 Å². The third-order valence-electron chi connectivity index (χ3n) is 2.30. The standard InChI is InChI=1S/C12H11IN2O3S2/c1-3-18-11(17)7-5-19-12(14-7)15-10(16)9-6(2)4-8(13)20-9/h4-5H,3H2,1-2H3,(H,14,15,16).